The Morgan fingerprint density at radius 2 is 2.08 bits per heavy atom. The second-order valence-electron chi connectivity index (χ2n) is 5.10. The van der Waals surface area contributed by atoms with E-state index in [9.17, 15) is 4.79 Å². The molecule has 0 saturated heterocycles. The molecule has 0 unspecified atom stereocenters. The SMILES string of the molecule is N#Cc1ccc(CNC(=O)CCc2nnc(-c3ccsc3)o2)cc1. The van der Waals surface area contributed by atoms with Gasteiger partial charge in [-0.3, -0.25) is 4.79 Å². The first kappa shape index (κ1) is 15.9. The maximum Gasteiger partial charge on any atom is 0.248 e. The highest BCUT2D eigenvalue weighted by Crippen LogP contribution is 2.20. The summed E-state index contributed by atoms with van der Waals surface area (Å²) in [5, 5.41) is 23.4. The third-order valence-corrected chi connectivity index (χ3v) is 4.06. The van der Waals surface area contributed by atoms with Gasteiger partial charge in [-0.2, -0.15) is 16.6 Å². The first-order valence-electron chi connectivity index (χ1n) is 7.35. The van der Waals surface area contributed by atoms with E-state index in [-0.39, 0.29) is 12.3 Å². The molecular formula is C17H14N4O2S. The first-order chi connectivity index (χ1) is 11.7. The van der Waals surface area contributed by atoms with E-state index in [0.29, 0.717) is 30.3 Å². The van der Waals surface area contributed by atoms with Crippen molar-refractivity contribution in [2.45, 2.75) is 19.4 Å². The van der Waals surface area contributed by atoms with Crippen LogP contribution in [0.4, 0.5) is 0 Å². The van der Waals surface area contributed by atoms with Crippen molar-refractivity contribution < 1.29 is 9.21 Å². The standard InChI is InChI=1S/C17H14N4O2S/c18-9-12-1-3-13(4-2-12)10-19-15(22)5-6-16-20-21-17(23-16)14-7-8-24-11-14/h1-4,7-8,11H,5-6,10H2,(H,19,22). The van der Waals surface area contributed by atoms with Crippen LogP contribution in [-0.2, 0) is 17.8 Å². The summed E-state index contributed by atoms with van der Waals surface area (Å²) in [4.78, 5) is 11.9. The average Bonchev–Trinajstić information content (AvgIpc) is 3.29. The summed E-state index contributed by atoms with van der Waals surface area (Å²) >= 11 is 1.56. The lowest BCUT2D eigenvalue weighted by Gasteiger charge is -2.04. The molecule has 0 fully saturated rings. The van der Waals surface area contributed by atoms with E-state index >= 15 is 0 Å². The molecule has 0 bridgehead atoms. The van der Waals surface area contributed by atoms with Crippen LogP contribution >= 0.6 is 11.3 Å². The van der Waals surface area contributed by atoms with Crippen LogP contribution in [0, 0.1) is 11.3 Å². The fraction of sp³-hybridized carbons (Fsp3) is 0.176. The average molecular weight is 338 g/mol. The van der Waals surface area contributed by atoms with Crippen molar-refractivity contribution in [1.82, 2.24) is 15.5 Å². The van der Waals surface area contributed by atoms with Crippen LogP contribution in [0.2, 0.25) is 0 Å². The van der Waals surface area contributed by atoms with Crippen molar-refractivity contribution in [2.24, 2.45) is 0 Å². The van der Waals surface area contributed by atoms with Gasteiger partial charge in [0.15, 0.2) is 0 Å². The lowest BCUT2D eigenvalue weighted by Crippen LogP contribution is -2.23. The third-order valence-electron chi connectivity index (χ3n) is 3.37. The number of nitriles is 1. The van der Waals surface area contributed by atoms with Gasteiger partial charge in [0.1, 0.15) is 0 Å². The highest BCUT2D eigenvalue weighted by Gasteiger charge is 2.10. The Balaban J connectivity index is 1.46. The second-order valence-corrected chi connectivity index (χ2v) is 5.88. The minimum Gasteiger partial charge on any atom is -0.421 e. The van der Waals surface area contributed by atoms with Gasteiger partial charge >= 0.3 is 0 Å². The van der Waals surface area contributed by atoms with Crippen molar-refractivity contribution >= 4 is 17.2 Å². The van der Waals surface area contributed by atoms with Gasteiger partial charge in [0.05, 0.1) is 11.6 Å². The molecule has 0 radical (unpaired) electrons. The van der Waals surface area contributed by atoms with E-state index in [4.69, 9.17) is 9.68 Å². The van der Waals surface area contributed by atoms with Crippen LogP contribution in [0.1, 0.15) is 23.4 Å². The molecule has 1 aromatic carbocycles. The number of carbonyl (C=O) groups is 1. The molecule has 0 saturated carbocycles. The molecule has 6 nitrogen and oxygen atoms in total. The van der Waals surface area contributed by atoms with Crippen LogP contribution in [0.5, 0.6) is 0 Å². The van der Waals surface area contributed by atoms with Crippen molar-refractivity contribution in [3.8, 4) is 17.5 Å². The van der Waals surface area contributed by atoms with Crippen LogP contribution in [0.3, 0.4) is 0 Å². The Hall–Kier alpha value is -2.98. The number of aryl methyl sites for hydroxylation is 1. The molecule has 2 aromatic heterocycles. The van der Waals surface area contributed by atoms with E-state index in [1.807, 2.05) is 29.0 Å². The molecule has 1 amide bonds. The van der Waals surface area contributed by atoms with Gasteiger partial charge in [0.25, 0.3) is 0 Å². The van der Waals surface area contributed by atoms with Crippen LogP contribution < -0.4 is 5.32 Å². The summed E-state index contributed by atoms with van der Waals surface area (Å²) < 4.78 is 5.54. The maximum atomic E-state index is 11.9. The van der Waals surface area contributed by atoms with Crippen molar-refractivity contribution in [2.75, 3.05) is 0 Å². The van der Waals surface area contributed by atoms with Gasteiger partial charge < -0.3 is 9.73 Å². The van der Waals surface area contributed by atoms with E-state index in [0.717, 1.165) is 11.1 Å². The monoisotopic (exact) mass is 338 g/mol. The molecule has 24 heavy (non-hydrogen) atoms. The summed E-state index contributed by atoms with van der Waals surface area (Å²) in [5.41, 5.74) is 2.44. The van der Waals surface area contributed by atoms with Gasteiger partial charge in [-0.05, 0) is 29.1 Å². The number of carbonyl (C=O) groups excluding carboxylic acids is 1. The quantitative estimate of drug-likeness (QED) is 0.746. The van der Waals surface area contributed by atoms with Gasteiger partial charge in [-0.25, -0.2) is 0 Å². The van der Waals surface area contributed by atoms with Gasteiger partial charge in [0.2, 0.25) is 17.7 Å². The number of amides is 1. The largest absolute Gasteiger partial charge is 0.421 e. The fourth-order valence-electron chi connectivity index (χ4n) is 2.06. The Kier molecular flexibility index (Phi) is 4.99. The summed E-state index contributed by atoms with van der Waals surface area (Å²) in [6.07, 6.45) is 0.678. The Morgan fingerprint density at radius 3 is 2.79 bits per heavy atom. The molecule has 3 aromatic rings. The first-order valence-corrected chi connectivity index (χ1v) is 8.29. The number of thiophene rings is 1. The lowest BCUT2D eigenvalue weighted by atomic mass is 10.1. The van der Waals surface area contributed by atoms with Crippen LogP contribution in [0.25, 0.3) is 11.5 Å². The molecule has 0 aliphatic rings. The van der Waals surface area contributed by atoms with Crippen molar-refractivity contribution in [3.05, 3.63) is 58.1 Å². The Labute approximate surface area is 142 Å². The van der Waals surface area contributed by atoms with Crippen molar-refractivity contribution in [1.29, 1.82) is 5.26 Å². The van der Waals surface area contributed by atoms with Crippen LogP contribution in [0.15, 0.2) is 45.5 Å². The molecule has 0 aliphatic heterocycles. The molecule has 7 heteroatoms. The normalized spacial score (nSPS) is 10.3. The molecule has 0 aliphatic carbocycles. The number of benzene rings is 1. The number of hydrogen-bond donors (Lipinski definition) is 1. The summed E-state index contributed by atoms with van der Waals surface area (Å²) in [6.45, 7) is 0.425. The van der Waals surface area contributed by atoms with E-state index < -0.39 is 0 Å². The van der Waals surface area contributed by atoms with Gasteiger partial charge in [-0.15, -0.1) is 10.2 Å². The predicted molar refractivity (Wildman–Crippen MR) is 88.9 cm³/mol. The smallest absolute Gasteiger partial charge is 0.248 e. The highest BCUT2D eigenvalue weighted by molar-refractivity contribution is 7.08. The maximum absolute atomic E-state index is 11.9. The number of rotatable bonds is 6. The third kappa shape index (κ3) is 4.06. The van der Waals surface area contributed by atoms with E-state index in [1.54, 1.807) is 23.5 Å². The minimum atomic E-state index is -0.0883. The van der Waals surface area contributed by atoms with Crippen molar-refractivity contribution in [3.63, 3.8) is 0 Å². The minimum absolute atomic E-state index is 0.0883. The fourth-order valence-corrected chi connectivity index (χ4v) is 2.69. The van der Waals surface area contributed by atoms with Gasteiger partial charge in [0, 0.05) is 30.3 Å². The number of nitrogens with one attached hydrogen (secondary N) is 1. The lowest BCUT2D eigenvalue weighted by molar-refractivity contribution is -0.121. The highest BCUT2D eigenvalue weighted by atomic mass is 32.1. The zero-order chi connectivity index (χ0) is 16.8. The molecule has 120 valence electrons. The van der Waals surface area contributed by atoms with E-state index in [2.05, 4.69) is 21.6 Å². The number of hydrogen-bond acceptors (Lipinski definition) is 6. The molecule has 0 atom stereocenters. The van der Waals surface area contributed by atoms with E-state index in [1.165, 1.54) is 0 Å². The van der Waals surface area contributed by atoms with Gasteiger partial charge in [-0.1, -0.05) is 12.1 Å². The molecular weight excluding hydrogens is 324 g/mol. The Bertz CT molecular complexity index is 848. The molecule has 2 heterocycles. The molecule has 0 spiro atoms. The second kappa shape index (κ2) is 7.53. The zero-order valence-electron chi connectivity index (χ0n) is 12.7. The molecule has 1 N–H and O–H groups in total. The zero-order valence-corrected chi connectivity index (χ0v) is 13.5. The topological polar surface area (TPSA) is 91.8 Å². The predicted octanol–water partition coefficient (Wildman–Crippen LogP) is 2.92. The van der Waals surface area contributed by atoms with Crippen LogP contribution in [-0.4, -0.2) is 16.1 Å². The molecule has 3 rings (SSSR count). The summed E-state index contributed by atoms with van der Waals surface area (Å²) in [5.74, 6) is 0.837. The summed E-state index contributed by atoms with van der Waals surface area (Å²) in [7, 11) is 0. The Morgan fingerprint density at radius 1 is 1.25 bits per heavy atom. The number of aromatic nitrogens is 2. The summed E-state index contributed by atoms with van der Waals surface area (Å²) in [6, 6.07) is 11.1. The number of nitrogens with zero attached hydrogens (tertiary/aromatic N) is 3.